The summed E-state index contributed by atoms with van der Waals surface area (Å²) in [6, 6.07) is 0. The van der Waals surface area contributed by atoms with E-state index in [0.29, 0.717) is 0 Å². The Morgan fingerprint density at radius 3 is 1.80 bits per heavy atom. The first kappa shape index (κ1) is 9.34. The Bertz CT molecular complexity index is 131. The number of hydrogen-bond donors (Lipinski definition) is 0. The molecule has 0 aromatic rings. The number of rotatable bonds is 1. The minimum atomic E-state index is -0.246. The molecule has 0 atom stereocenters. The van der Waals surface area contributed by atoms with Crippen molar-refractivity contribution in [2.75, 3.05) is 14.1 Å². The minimum absolute atomic E-state index is 0.164. The van der Waals surface area contributed by atoms with E-state index in [0.717, 1.165) is 0 Å². The van der Waals surface area contributed by atoms with Gasteiger partial charge in [0, 0.05) is 14.1 Å². The summed E-state index contributed by atoms with van der Waals surface area (Å²) in [5, 5.41) is 11.2. The molecule has 0 N–H and O–H groups in total. The molecule has 2 nitrogen and oxygen atoms in total. The van der Waals surface area contributed by atoms with Crippen LogP contribution >= 0.6 is 0 Å². The molecule has 0 aliphatic rings. The van der Waals surface area contributed by atoms with Crippen molar-refractivity contribution >= 4 is 0 Å². The molecule has 2 heteroatoms. The van der Waals surface area contributed by atoms with Crippen molar-refractivity contribution in [2.24, 2.45) is 5.41 Å². The zero-order chi connectivity index (χ0) is 8.36. The normalized spacial score (nSPS) is 13.5. The maximum Gasteiger partial charge on any atom is 0.00553 e. The summed E-state index contributed by atoms with van der Waals surface area (Å²) >= 11 is 0. The third-order valence-corrected chi connectivity index (χ3v) is 1.11. The van der Waals surface area contributed by atoms with E-state index in [1.807, 2.05) is 34.9 Å². The summed E-state index contributed by atoms with van der Waals surface area (Å²) in [5.74, 6) is 0.164. The van der Waals surface area contributed by atoms with Crippen LogP contribution in [0.3, 0.4) is 0 Å². The van der Waals surface area contributed by atoms with E-state index in [1.165, 1.54) is 0 Å². The van der Waals surface area contributed by atoms with Crippen LogP contribution in [0.25, 0.3) is 0 Å². The van der Waals surface area contributed by atoms with Crippen LogP contribution in [0.2, 0.25) is 0 Å². The van der Waals surface area contributed by atoms with Crippen LogP contribution in [0, 0.1) is 5.41 Å². The lowest BCUT2D eigenvalue weighted by Gasteiger charge is -2.29. The van der Waals surface area contributed by atoms with Crippen LogP contribution < -0.4 is 5.11 Å². The number of allylic oxidation sites excluding steroid dienone is 1. The van der Waals surface area contributed by atoms with Crippen molar-refractivity contribution in [3.8, 4) is 0 Å². The van der Waals surface area contributed by atoms with Gasteiger partial charge in [-0.2, -0.15) is 0 Å². The van der Waals surface area contributed by atoms with Crippen LogP contribution in [0.4, 0.5) is 0 Å². The van der Waals surface area contributed by atoms with Crippen LogP contribution in [0.15, 0.2) is 12.0 Å². The predicted octanol–water partition coefficient (Wildman–Crippen LogP) is 0.796. The molecule has 0 bridgehead atoms. The highest BCUT2D eigenvalue weighted by Gasteiger charge is 2.07. The van der Waals surface area contributed by atoms with Gasteiger partial charge in [-0.1, -0.05) is 20.8 Å². The summed E-state index contributed by atoms with van der Waals surface area (Å²) in [5.41, 5.74) is -0.246. The van der Waals surface area contributed by atoms with Gasteiger partial charge in [0.05, 0.1) is 0 Å². The van der Waals surface area contributed by atoms with E-state index in [1.54, 1.807) is 11.1 Å². The fourth-order valence-corrected chi connectivity index (χ4v) is 0.428. The van der Waals surface area contributed by atoms with Gasteiger partial charge in [0.15, 0.2) is 0 Å². The summed E-state index contributed by atoms with van der Waals surface area (Å²) in [6.07, 6.45) is 1.61. The molecular weight excluding hydrogens is 126 g/mol. The van der Waals surface area contributed by atoms with Crippen molar-refractivity contribution in [1.29, 1.82) is 0 Å². The average Bonchev–Trinajstić information content (AvgIpc) is 1.60. The van der Waals surface area contributed by atoms with E-state index in [2.05, 4.69) is 0 Å². The largest absolute Gasteiger partial charge is 0.874 e. The first-order valence-corrected chi connectivity index (χ1v) is 3.40. The van der Waals surface area contributed by atoms with Crippen molar-refractivity contribution in [2.45, 2.75) is 20.8 Å². The van der Waals surface area contributed by atoms with Gasteiger partial charge in [-0.25, -0.2) is 0 Å². The zero-order valence-corrected chi connectivity index (χ0v) is 7.43. The highest BCUT2D eigenvalue weighted by Crippen LogP contribution is 2.19. The smallest absolute Gasteiger partial charge is 0.00553 e. The summed E-state index contributed by atoms with van der Waals surface area (Å²) in [7, 11) is 3.70. The van der Waals surface area contributed by atoms with Gasteiger partial charge < -0.3 is 10.0 Å². The van der Waals surface area contributed by atoms with E-state index in [-0.39, 0.29) is 11.2 Å². The van der Waals surface area contributed by atoms with E-state index < -0.39 is 0 Å². The number of hydrogen-bond acceptors (Lipinski definition) is 2. The Hall–Kier alpha value is -0.660. The van der Waals surface area contributed by atoms with E-state index in [9.17, 15) is 5.11 Å². The molecule has 0 aliphatic heterocycles. The van der Waals surface area contributed by atoms with Crippen molar-refractivity contribution in [3.05, 3.63) is 12.0 Å². The average molecular weight is 142 g/mol. The first-order valence-electron chi connectivity index (χ1n) is 3.40. The van der Waals surface area contributed by atoms with Gasteiger partial charge in [-0.05, 0) is 11.6 Å². The summed E-state index contributed by atoms with van der Waals surface area (Å²) in [6.45, 7) is 5.74. The summed E-state index contributed by atoms with van der Waals surface area (Å²) < 4.78 is 0. The lowest BCUT2D eigenvalue weighted by molar-refractivity contribution is -0.323. The topological polar surface area (TPSA) is 26.3 Å². The molecule has 0 radical (unpaired) electrons. The molecule has 0 aliphatic carbocycles. The zero-order valence-electron chi connectivity index (χ0n) is 7.43. The molecule has 0 heterocycles. The SMILES string of the molecule is CN(C)/C=C(\[O-])C(C)(C)C. The summed E-state index contributed by atoms with van der Waals surface area (Å²) in [4.78, 5) is 1.77. The molecule has 0 aromatic heterocycles. The quantitative estimate of drug-likeness (QED) is 0.506. The molecule has 0 spiro atoms. The maximum atomic E-state index is 11.2. The monoisotopic (exact) mass is 142 g/mol. The van der Waals surface area contributed by atoms with Crippen LogP contribution in [-0.4, -0.2) is 19.0 Å². The van der Waals surface area contributed by atoms with Crippen molar-refractivity contribution in [3.63, 3.8) is 0 Å². The Morgan fingerprint density at radius 2 is 1.70 bits per heavy atom. The van der Waals surface area contributed by atoms with E-state index in [4.69, 9.17) is 0 Å². The van der Waals surface area contributed by atoms with Gasteiger partial charge in [-0.3, -0.25) is 0 Å². The third kappa shape index (κ3) is 3.38. The van der Waals surface area contributed by atoms with Gasteiger partial charge in [-0.15, -0.1) is 5.76 Å². The van der Waals surface area contributed by atoms with Gasteiger partial charge >= 0.3 is 0 Å². The van der Waals surface area contributed by atoms with Gasteiger partial charge in [0.25, 0.3) is 0 Å². The highest BCUT2D eigenvalue weighted by molar-refractivity contribution is 4.97. The third-order valence-electron chi connectivity index (χ3n) is 1.11. The molecular formula is C8H16NO-. The second-order valence-electron chi connectivity index (χ2n) is 3.71. The van der Waals surface area contributed by atoms with E-state index >= 15 is 0 Å². The molecule has 10 heavy (non-hydrogen) atoms. The molecule has 0 unspecified atom stereocenters. The maximum absolute atomic E-state index is 11.2. The molecule has 60 valence electrons. The Kier molecular flexibility index (Phi) is 2.76. The standard InChI is InChI=1S/C8H17NO/c1-8(2,3)7(10)6-9(4)5/h6,10H,1-5H3/p-1/b7-6-. The lowest BCUT2D eigenvalue weighted by atomic mass is 9.94. The first-order chi connectivity index (χ1) is 4.34. The molecule has 0 aromatic carbocycles. The van der Waals surface area contributed by atoms with Crippen molar-refractivity contribution < 1.29 is 5.11 Å². The predicted molar refractivity (Wildman–Crippen MR) is 41.2 cm³/mol. The molecule has 0 amide bonds. The number of nitrogens with zero attached hydrogens (tertiary/aromatic N) is 1. The molecule has 0 rings (SSSR count). The fourth-order valence-electron chi connectivity index (χ4n) is 0.428. The molecule has 0 saturated heterocycles. The van der Waals surface area contributed by atoms with Crippen LogP contribution in [-0.2, 0) is 0 Å². The fraction of sp³-hybridized carbons (Fsp3) is 0.750. The highest BCUT2D eigenvalue weighted by atomic mass is 16.3. The lowest BCUT2D eigenvalue weighted by Crippen LogP contribution is -2.23. The van der Waals surface area contributed by atoms with Gasteiger partial charge in [0.2, 0.25) is 0 Å². The molecule has 0 saturated carbocycles. The van der Waals surface area contributed by atoms with Crippen molar-refractivity contribution in [1.82, 2.24) is 4.90 Å². The Labute approximate surface area is 63.2 Å². The Balaban J connectivity index is 4.20. The Morgan fingerprint density at radius 1 is 1.30 bits per heavy atom. The second kappa shape index (κ2) is 2.95. The molecule has 0 fully saturated rings. The van der Waals surface area contributed by atoms with Crippen LogP contribution in [0.1, 0.15) is 20.8 Å². The minimum Gasteiger partial charge on any atom is -0.874 e. The second-order valence-corrected chi connectivity index (χ2v) is 3.71. The van der Waals surface area contributed by atoms with Gasteiger partial charge in [0.1, 0.15) is 0 Å². The van der Waals surface area contributed by atoms with Crippen LogP contribution in [0.5, 0.6) is 0 Å².